The average molecular weight is 447 g/mol. The van der Waals surface area contributed by atoms with Crippen LogP contribution in [0.25, 0.3) is 16.7 Å². The number of amides is 1. The number of aliphatic hydroxyl groups is 1. The zero-order valence-corrected chi connectivity index (χ0v) is 19.8. The molecule has 0 bridgehead atoms. The van der Waals surface area contributed by atoms with Crippen LogP contribution in [0.15, 0.2) is 48.2 Å². The van der Waals surface area contributed by atoms with E-state index in [9.17, 15) is 14.7 Å². The monoisotopic (exact) mass is 446 g/mol. The number of hydrogen-bond acceptors (Lipinski definition) is 4. The number of para-hydroxylation sites is 1. The lowest BCUT2D eigenvalue weighted by Crippen LogP contribution is -2.30. The van der Waals surface area contributed by atoms with Crippen molar-refractivity contribution in [2.75, 3.05) is 13.7 Å². The number of likely N-dealkylation sites (tertiary alicyclic amines) is 1. The van der Waals surface area contributed by atoms with Crippen LogP contribution in [-0.4, -0.2) is 39.9 Å². The number of carbonyl (C=O) groups is 2. The summed E-state index contributed by atoms with van der Waals surface area (Å²) in [4.78, 5) is 28.1. The summed E-state index contributed by atoms with van der Waals surface area (Å²) >= 11 is 0. The van der Waals surface area contributed by atoms with Crippen LogP contribution in [0, 0.1) is 13.8 Å². The summed E-state index contributed by atoms with van der Waals surface area (Å²) in [6.45, 7) is 6.30. The fourth-order valence-electron chi connectivity index (χ4n) is 4.90. The number of ketones is 1. The van der Waals surface area contributed by atoms with E-state index >= 15 is 0 Å². The predicted octanol–water partition coefficient (Wildman–Crippen LogP) is 5.03. The molecule has 1 atom stereocenters. The van der Waals surface area contributed by atoms with E-state index < -0.39 is 17.7 Å². The summed E-state index contributed by atoms with van der Waals surface area (Å²) in [5, 5.41) is 12.5. The van der Waals surface area contributed by atoms with E-state index in [1.165, 1.54) is 7.11 Å². The first-order valence-corrected chi connectivity index (χ1v) is 11.3. The average Bonchev–Trinajstić information content (AvgIpc) is 3.25. The first-order chi connectivity index (χ1) is 15.8. The van der Waals surface area contributed by atoms with Gasteiger partial charge in [0.25, 0.3) is 11.7 Å². The summed E-state index contributed by atoms with van der Waals surface area (Å²) < 4.78 is 7.56. The second-order valence-electron chi connectivity index (χ2n) is 8.72. The molecule has 0 saturated carbocycles. The van der Waals surface area contributed by atoms with E-state index in [1.807, 2.05) is 68.9 Å². The summed E-state index contributed by atoms with van der Waals surface area (Å²) in [6, 6.07) is 11.0. The summed E-state index contributed by atoms with van der Waals surface area (Å²) in [5.74, 6) is -0.947. The van der Waals surface area contributed by atoms with Gasteiger partial charge in [0.2, 0.25) is 0 Å². The van der Waals surface area contributed by atoms with Gasteiger partial charge in [0.05, 0.1) is 24.3 Å². The minimum atomic E-state index is -0.673. The molecule has 1 fully saturated rings. The fourth-order valence-corrected chi connectivity index (χ4v) is 4.90. The quantitative estimate of drug-likeness (QED) is 0.328. The Labute approximate surface area is 194 Å². The van der Waals surface area contributed by atoms with Gasteiger partial charge in [0, 0.05) is 36.3 Å². The molecule has 3 aromatic rings. The molecule has 33 heavy (non-hydrogen) atoms. The standard InChI is InChI=1S/C27H30N2O4/c1-6-7-12-29-23(20-15-28(4)21-11-9-8-10-18(20)21)22(25(31)27(29)32)24(30)19-14-16(2)13-17(3)26(19)33-5/h8-11,13-15,23,30H,6-7,12H2,1-5H3/b24-22+. The van der Waals surface area contributed by atoms with Gasteiger partial charge in [-0.2, -0.15) is 0 Å². The van der Waals surface area contributed by atoms with E-state index in [0.29, 0.717) is 17.9 Å². The van der Waals surface area contributed by atoms with Gasteiger partial charge < -0.3 is 19.3 Å². The molecule has 1 aliphatic rings. The molecule has 0 spiro atoms. The molecule has 0 aliphatic carbocycles. The number of rotatable bonds is 6. The number of nitrogens with zero attached hydrogens (tertiary/aromatic N) is 2. The number of carbonyl (C=O) groups excluding carboxylic acids is 2. The number of unbranched alkanes of at least 4 members (excludes halogenated alkanes) is 1. The number of aromatic nitrogens is 1. The fraction of sp³-hybridized carbons (Fsp3) is 0.333. The van der Waals surface area contributed by atoms with Crippen LogP contribution in [-0.2, 0) is 16.6 Å². The Hall–Kier alpha value is -3.54. The van der Waals surface area contributed by atoms with Crippen LogP contribution in [0.1, 0.15) is 48.1 Å². The molecule has 172 valence electrons. The minimum Gasteiger partial charge on any atom is -0.507 e. The van der Waals surface area contributed by atoms with Gasteiger partial charge in [-0.25, -0.2) is 0 Å². The lowest BCUT2D eigenvalue weighted by molar-refractivity contribution is -0.139. The van der Waals surface area contributed by atoms with E-state index in [-0.39, 0.29) is 11.3 Å². The Morgan fingerprint density at radius 1 is 1.15 bits per heavy atom. The van der Waals surface area contributed by atoms with E-state index in [4.69, 9.17) is 4.74 Å². The highest BCUT2D eigenvalue weighted by Crippen LogP contribution is 2.44. The van der Waals surface area contributed by atoms with Crippen LogP contribution in [0.5, 0.6) is 5.75 Å². The van der Waals surface area contributed by atoms with Gasteiger partial charge >= 0.3 is 0 Å². The number of ether oxygens (including phenoxy) is 1. The normalized spacial score (nSPS) is 17.8. The smallest absolute Gasteiger partial charge is 0.295 e. The Morgan fingerprint density at radius 2 is 1.88 bits per heavy atom. The Morgan fingerprint density at radius 3 is 2.58 bits per heavy atom. The third-order valence-electron chi connectivity index (χ3n) is 6.39. The van der Waals surface area contributed by atoms with E-state index in [2.05, 4.69) is 0 Å². The maximum atomic E-state index is 13.3. The minimum absolute atomic E-state index is 0.107. The molecule has 1 saturated heterocycles. The van der Waals surface area contributed by atoms with Crippen molar-refractivity contribution in [1.82, 2.24) is 9.47 Å². The zero-order chi connectivity index (χ0) is 23.9. The van der Waals surface area contributed by atoms with Crippen LogP contribution in [0.2, 0.25) is 0 Å². The van der Waals surface area contributed by atoms with Gasteiger partial charge in [-0.15, -0.1) is 0 Å². The number of methoxy groups -OCH3 is 1. The Balaban J connectivity index is 2.01. The highest BCUT2D eigenvalue weighted by Gasteiger charge is 2.47. The molecular formula is C27H30N2O4. The highest BCUT2D eigenvalue weighted by molar-refractivity contribution is 6.46. The lowest BCUT2D eigenvalue weighted by Gasteiger charge is -2.25. The van der Waals surface area contributed by atoms with Crippen molar-refractivity contribution in [3.8, 4) is 5.75 Å². The van der Waals surface area contributed by atoms with Crippen molar-refractivity contribution in [2.45, 2.75) is 39.7 Å². The maximum Gasteiger partial charge on any atom is 0.295 e. The lowest BCUT2D eigenvalue weighted by atomic mass is 9.93. The SMILES string of the molecule is CCCCN1C(=O)C(=O)/C(=C(/O)c2cc(C)cc(C)c2OC)C1c1cn(C)c2ccccc12. The largest absolute Gasteiger partial charge is 0.507 e. The zero-order valence-electron chi connectivity index (χ0n) is 19.8. The molecule has 4 rings (SSSR count). The highest BCUT2D eigenvalue weighted by atomic mass is 16.5. The molecule has 0 radical (unpaired) electrons. The first kappa shape index (κ1) is 22.6. The van der Waals surface area contributed by atoms with E-state index in [1.54, 1.807) is 11.0 Å². The Kier molecular flexibility index (Phi) is 6.02. The van der Waals surface area contributed by atoms with Crippen molar-refractivity contribution < 1.29 is 19.4 Å². The molecule has 1 aliphatic heterocycles. The number of fused-ring (bicyclic) bond motifs is 1. The first-order valence-electron chi connectivity index (χ1n) is 11.3. The molecule has 1 N–H and O–H groups in total. The second kappa shape index (κ2) is 8.77. The third-order valence-corrected chi connectivity index (χ3v) is 6.39. The van der Waals surface area contributed by atoms with Crippen LogP contribution in [0.4, 0.5) is 0 Å². The molecule has 1 aromatic heterocycles. The van der Waals surface area contributed by atoms with Gasteiger partial charge in [-0.3, -0.25) is 9.59 Å². The number of aryl methyl sites for hydroxylation is 3. The molecule has 2 heterocycles. The molecule has 2 aromatic carbocycles. The van der Waals surface area contributed by atoms with E-state index in [0.717, 1.165) is 40.4 Å². The molecule has 1 amide bonds. The summed E-state index contributed by atoms with van der Waals surface area (Å²) in [7, 11) is 3.48. The van der Waals surface area contributed by atoms with Crippen molar-refractivity contribution in [3.63, 3.8) is 0 Å². The summed E-state index contributed by atoms with van der Waals surface area (Å²) in [6.07, 6.45) is 3.60. The second-order valence-corrected chi connectivity index (χ2v) is 8.72. The third kappa shape index (κ3) is 3.69. The van der Waals surface area contributed by atoms with Crippen molar-refractivity contribution in [3.05, 3.63) is 70.4 Å². The van der Waals surface area contributed by atoms with Gasteiger partial charge in [-0.05, 0) is 43.5 Å². The predicted molar refractivity (Wildman–Crippen MR) is 129 cm³/mol. The van der Waals surface area contributed by atoms with Crippen molar-refractivity contribution in [1.29, 1.82) is 0 Å². The Bertz CT molecular complexity index is 1280. The summed E-state index contributed by atoms with van der Waals surface area (Å²) in [5.41, 5.74) is 4.13. The number of aliphatic hydroxyl groups excluding tert-OH is 1. The number of Topliss-reactive ketones (excluding diaryl/α,β-unsaturated/α-hetero) is 1. The molecule has 1 unspecified atom stereocenters. The van der Waals surface area contributed by atoms with Crippen molar-refractivity contribution in [2.24, 2.45) is 7.05 Å². The number of hydrogen-bond donors (Lipinski definition) is 1. The topological polar surface area (TPSA) is 71.8 Å². The van der Waals surface area contributed by atoms with Crippen LogP contribution >= 0.6 is 0 Å². The molecule has 6 heteroatoms. The number of benzene rings is 2. The van der Waals surface area contributed by atoms with Crippen molar-refractivity contribution >= 4 is 28.4 Å². The maximum absolute atomic E-state index is 13.3. The van der Waals surface area contributed by atoms with Crippen LogP contribution in [0.3, 0.4) is 0 Å². The van der Waals surface area contributed by atoms with Crippen LogP contribution < -0.4 is 4.74 Å². The molecule has 6 nitrogen and oxygen atoms in total. The van der Waals surface area contributed by atoms with Gasteiger partial charge in [0.1, 0.15) is 11.5 Å². The molecular weight excluding hydrogens is 416 g/mol. The van der Waals surface area contributed by atoms with Gasteiger partial charge in [-0.1, -0.05) is 37.6 Å². The van der Waals surface area contributed by atoms with Gasteiger partial charge in [0.15, 0.2) is 0 Å².